The molecule has 2 aromatic rings. The van der Waals surface area contributed by atoms with E-state index in [1.54, 1.807) is 6.07 Å². The van der Waals surface area contributed by atoms with Gasteiger partial charge < -0.3 is 25.7 Å². The van der Waals surface area contributed by atoms with Crippen molar-refractivity contribution in [2.45, 2.75) is 63.5 Å². The van der Waals surface area contributed by atoms with Crippen LogP contribution in [0, 0.1) is 18.7 Å². The number of anilines is 3. The van der Waals surface area contributed by atoms with Crippen LogP contribution in [0.1, 0.15) is 49.7 Å². The van der Waals surface area contributed by atoms with Crippen molar-refractivity contribution in [2.24, 2.45) is 5.92 Å². The highest BCUT2D eigenvalue weighted by Gasteiger charge is 2.51. The fourth-order valence-electron chi connectivity index (χ4n) is 6.87. The second kappa shape index (κ2) is 11.6. The molecule has 0 bridgehead atoms. The number of hydrogen-bond acceptors (Lipinski definition) is 6. The van der Waals surface area contributed by atoms with E-state index in [4.69, 9.17) is 0 Å². The molecule has 2 aliphatic heterocycles. The average molecular weight is 525 g/mol. The lowest BCUT2D eigenvalue weighted by Crippen LogP contribution is -2.53. The Balaban J connectivity index is 1.30. The van der Waals surface area contributed by atoms with Crippen molar-refractivity contribution >= 4 is 23.0 Å². The lowest BCUT2D eigenvalue weighted by Gasteiger charge is -2.39. The van der Waals surface area contributed by atoms with Crippen LogP contribution in [0.15, 0.2) is 36.4 Å². The Morgan fingerprint density at radius 1 is 1.11 bits per heavy atom. The molecule has 0 aromatic heterocycles. The second-order valence-corrected chi connectivity index (χ2v) is 11.2. The second-order valence-electron chi connectivity index (χ2n) is 11.2. The van der Waals surface area contributed by atoms with E-state index in [-0.39, 0.29) is 30.9 Å². The quantitative estimate of drug-likeness (QED) is 0.398. The van der Waals surface area contributed by atoms with Crippen molar-refractivity contribution in [1.29, 1.82) is 0 Å². The smallest absolute Gasteiger partial charge is 0.250 e. The van der Waals surface area contributed by atoms with Crippen molar-refractivity contribution in [3.05, 3.63) is 53.3 Å². The first-order valence-electron chi connectivity index (χ1n) is 14.1. The molecule has 3 aliphatic rings. The summed E-state index contributed by atoms with van der Waals surface area (Å²) in [6.07, 6.45) is 6.40. The third-order valence-electron chi connectivity index (χ3n) is 8.95. The summed E-state index contributed by atoms with van der Waals surface area (Å²) < 4.78 is 14.8. The molecule has 0 spiro atoms. The van der Waals surface area contributed by atoms with E-state index in [0.717, 1.165) is 74.2 Å². The molecule has 2 heterocycles. The maximum absolute atomic E-state index is 14.8. The molecular formula is C30H41FN4O3. The molecule has 1 saturated carbocycles. The van der Waals surface area contributed by atoms with Crippen LogP contribution in [0.25, 0.3) is 0 Å². The molecule has 0 radical (unpaired) electrons. The number of carbonyl (C=O) groups is 1. The van der Waals surface area contributed by atoms with Gasteiger partial charge in [-0.2, -0.15) is 0 Å². The molecule has 206 valence electrons. The summed E-state index contributed by atoms with van der Waals surface area (Å²) in [4.78, 5) is 18.5. The summed E-state index contributed by atoms with van der Waals surface area (Å²) in [6.45, 7) is 5.06. The SMILES string of the molecule is Cc1ccc(F)c2c1NC(C(=O)Nc1cccc(N3CCC(N(CCO)CCO)CC3)c1)(C1CCCC1)C2. The number of aryl methyl sites for hydroxylation is 1. The van der Waals surface area contributed by atoms with Crippen LogP contribution in [-0.4, -0.2) is 72.0 Å². The fourth-order valence-corrected chi connectivity index (χ4v) is 6.87. The highest BCUT2D eigenvalue weighted by atomic mass is 19.1. The molecule has 1 atom stereocenters. The number of nitrogens with one attached hydrogen (secondary N) is 2. The lowest BCUT2D eigenvalue weighted by molar-refractivity contribution is -0.121. The Labute approximate surface area is 225 Å². The first-order chi connectivity index (χ1) is 18.4. The monoisotopic (exact) mass is 524 g/mol. The highest BCUT2D eigenvalue weighted by molar-refractivity contribution is 6.02. The molecule has 4 N–H and O–H groups in total. The predicted molar refractivity (Wildman–Crippen MR) is 149 cm³/mol. The van der Waals surface area contributed by atoms with E-state index >= 15 is 0 Å². The lowest BCUT2D eigenvalue weighted by atomic mass is 9.79. The number of aliphatic hydroxyl groups is 2. The van der Waals surface area contributed by atoms with Crippen LogP contribution in [-0.2, 0) is 11.2 Å². The van der Waals surface area contributed by atoms with Crippen molar-refractivity contribution < 1.29 is 19.4 Å². The molecule has 1 saturated heterocycles. The minimum Gasteiger partial charge on any atom is -0.395 e. The largest absolute Gasteiger partial charge is 0.395 e. The zero-order chi connectivity index (χ0) is 26.7. The first-order valence-corrected chi connectivity index (χ1v) is 14.1. The van der Waals surface area contributed by atoms with Gasteiger partial charge in [0.25, 0.3) is 5.91 Å². The summed E-state index contributed by atoms with van der Waals surface area (Å²) >= 11 is 0. The number of aliphatic hydroxyl groups excluding tert-OH is 2. The number of piperidine rings is 1. The summed E-state index contributed by atoms with van der Waals surface area (Å²) in [5.74, 6) is -0.164. The summed E-state index contributed by atoms with van der Waals surface area (Å²) in [5.41, 5.74) is 3.35. The van der Waals surface area contributed by atoms with Gasteiger partial charge in [0.05, 0.1) is 13.2 Å². The Bertz CT molecular complexity index is 1090. The van der Waals surface area contributed by atoms with Crippen molar-refractivity contribution in [2.75, 3.05) is 54.9 Å². The van der Waals surface area contributed by atoms with E-state index in [1.807, 2.05) is 25.1 Å². The van der Waals surface area contributed by atoms with Crippen molar-refractivity contribution in [3.63, 3.8) is 0 Å². The molecule has 2 fully saturated rings. The first kappa shape index (κ1) is 26.9. The van der Waals surface area contributed by atoms with Gasteiger partial charge in [0.2, 0.25) is 0 Å². The number of fused-ring (bicyclic) bond motifs is 1. The molecule has 7 nitrogen and oxygen atoms in total. The Kier molecular flexibility index (Phi) is 8.21. The minimum absolute atomic E-state index is 0.0843. The van der Waals surface area contributed by atoms with Crippen molar-refractivity contribution in [1.82, 2.24) is 4.90 Å². The van der Waals surface area contributed by atoms with E-state index in [2.05, 4.69) is 26.5 Å². The van der Waals surface area contributed by atoms with E-state index in [1.165, 1.54) is 6.07 Å². The van der Waals surface area contributed by atoms with Crippen LogP contribution in [0.2, 0.25) is 0 Å². The van der Waals surface area contributed by atoms with Gasteiger partial charge in [0.15, 0.2) is 0 Å². The number of rotatable bonds is 9. The van der Waals surface area contributed by atoms with Gasteiger partial charge in [0, 0.05) is 61.3 Å². The molecule has 1 unspecified atom stereocenters. The molecule has 1 aliphatic carbocycles. The minimum atomic E-state index is -0.844. The Hall–Kier alpha value is -2.68. The number of hydrogen-bond donors (Lipinski definition) is 4. The van der Waals surface area contributed by atoms with E-state index in [0.29, 0.717) is 31.1 Å². The van der Waals surface area contributed by atoms with Gasteiger partial charge >= 0.3 is 0 Å². The Morgan fingerprint density at radius 3 is 2.47 bits per heavy atom. The molecule has 1 amide bonds. The summed E-state index contributed by atoms with van der Waals surface area (Å²) in [6, 6.07) is 11.6. The standard InChI is InChI=1S/C30H41FN4O3/c1-21-9-10-27(31)26-20-30(33-28(21)26,22-5-2-3-6-22)29(38)32-23-7-4-8-25(19-23)34-13-11-24(12-14-34)35(15-17-36)16-18-37/h4,7-10,19,22,24,33,36-37H,2-3,5-6,11-18,20H2,1H3,(H,32,38). The third-order valence-corrected chi connectivity index (χ3v) is 8.95. The van der Waals surface area contributed by atoms with Gasteiger partial charge in [-0.25, -0.2) is 4.39 Å². The predicted octanol–water partition coefficient (Wildman–Crippen LogP) is 3.93. The van der Waals surface area contributed by atoms with E-state index < -0.39 is 5.54 Å². The van der Waals surface area contributed by atoms with E-state index in [9.17, 15) is 19.4 Å². The molecule has 5 rings (SSSR count). The number of halogens is 1. The summed E-state index contributed by atoms with van der Waals surface area (Å²) in [5, 5.41) is 25.5. The zero-order valence-corrected chi connectivity index (χ0v) is 22.4. The highest BCUT2D eigenvalue weighted by Crippen LogP contribution is 2.46. The normalized spacial score (nSPS) is 22.1. The number of carbonyl (C=O) groups excluding carboxylic acids is 1. The molecule has 38 heavy (non-hydrogen) atoms. The van der Waals surface area contributed by atoms with Crippen LogP contribution >= 0.6 is 0 Å². The van der Waals surface area contributed by atoms with Crippen LogP contribution in [0.4, 0.5) is 21.5 Å². The van der Waals surface area contributed by atoms with Gasteiger partial charge in [0.1, 0.15) is 11.4 Å². The molecule has 2 aromatic carbocycles. The third kappa shape index (κ3) is 5.26. The molecular weight excluding hydrogens is 483 g/mol. The average Bonchev–Trinajstić information content (AvgIpc) is 3.61. The van der Waals surface area contributed by atoms with Crippen LogP contribution in [0.3, 0.4) is 0 Å². The van der Waals surface area contributed by atoms with Gasteiger partial charge in [-0.1, -0.05) is 25.0 Å². The number of amides is 1. The Morgan fingerprint density at radius 2 is 1.82 bits per heavy atom. The number of benzene rings is 2. The maximum atomic E-state index is 14.8. The topological polar surface area (TPSA) is 88.1 Å². The fraction of sp³-hybridized carbons (Fsp3) is 0.567. The maximum Gasteiger partial charge on any atom is 0.250 e. The molecule has 8 heteroatoms. The van der Waals surface area contributed by atoms with Gasteiger partial charge in [-0.05, 0) is 68.4 Å². The van der Waals surface area contributed by atoms with Crippen LogP contribution in [0.5, 0.6) is 0 Å². The van der Waals surface area contributed by atoms with Crippen LogP contribution < -0.4 is 15.5 Å². The van der Waals surface area contributed by atoms with Gasteiger partial charge in [-0.15, -0.1) is 0 Å². The van der Waals surface area contributed by atoms with Gasteiger partial charge in [-0.3, -0.25) is 9.69 Å². The number of nitrogens with zero attached hydrogens (tertiary/aromatic N) is 2. The zero-order valence-electron chi connectivity index (χ0n) is 22.4. The summed E-state index contributed by atoms with van der Waals surface area (Å²) in [7, 11) is 0. The van der Waals surface area contributed by atoms with Crippen molar-refractivity contribution in [3.8, 4) is 0 Å².